The normalized spacial score (nSPS) is 30.1. The number of fused-ring (bicyclic) bond motifs is 1. The van der Waals surface area contributed by atoms with Crippen molar-refractivity contribution in [2.75, 3.05) is 32.4 Å². The van der Waals surface area contributed by atoms with Crippen LogP contribution < -0.4 is 10.5 Å². The number of rotatable bonds is 5. The van der Waals surface area contributed by atoms with Gasteiger partial charge in [-0.3, -0.25) is 9.58 Å². The van der Waals surface area contributed by atoms with E-state index in [0.717, 1.165) is 19.6 Å². The molecule has 3 heterocycles. The molecule has 0 amide bonds. The quantitative estimate of drug-likeness (QED) is 0.697. The third-order valence-electron chi connectivity index (χ3n) is 7.77. The molecule has 3 fully saturated rings. The molecule has 186 valence electrons. The molecule has 5 rings (SSSR count). The summed E-state index contributed by atoms with van der Waals surface area (Å²) in [5.74, 6) is 0.944. The number of pyridine rings is 1. The predicted octanol–water partition coefficient (Wildman–Crippen LogP) is 4.13. The van der Waals surface area contributed by atoms with Crippen LogP contribution in [0.1, 0.15) is 51.3 Å². The van der Waals surface area contributed by atoms with Gasteiger partial charge in [0.2, 0.25) is 0 Å². The number of halogens is 3. The summed E-state index contributed by atoms with van der Waals surface area (Å²) in [6.07, 6.45) is -0.974. The zero-order valence-electron chi connectivity index (χ0n) is 20.1. The van der Waals surface area contributed by atoms with E-state index in [4.69, 9.17) is 10.8 Å². The largest absolute Gasteiger partial charge is 0.573 e. The third kappa shape index (κ3) is 4.37. The number of anilines is 1. The second-order valence-corrected chi connectivity index (χ2v) is 10.5. The van der Waals surface area contributed by atoms with E-state index in [0.29, 0.717) is 41.1 Å². The Morgan fingerprint density at radius 1 is 1.15 bits per heavy atom. The van der Waals surface area contributed by atoms with Crippen LogP contribution in [0.2, 0.25) is 0 Å². The first-order chi connectivity index (χ1) is 16.0. The molecule has 0 radical (unpaired) electrons. The van der Waals surface area contributed by atoms with E-state index in [1.54, 1.807) is 0 Å². The van der Waals surface area contributed by atoms with Crippen LogP contribution in [0.15, 0.2) is 18.3 Å². The molecule has 3 atom stereocenters. The number of piperazine rings is 1. The topological polar surface area (TPSA) is 72.4 Å². The van der Waals surface area contributed by atoms with Gasteiger partial charge >= 0.3 is 6.36 Å². The summed E-state index contributed by atoms with van der Waals surface area (Å²) in [6.45, 7) is 9.86. The van der Waals surface area contributed by atoms with Crippen LogP contribution in [0.3, 0.4) is 0 Å². The SMILES string of the molecule is CC1CN(C)CCN1C1CC2C(C1)C2c1cc(-c2cnc(N)c(OC(F)(F)F)c2)nn1C(C)C. The molecule has 2 aromatic heterocycles. The Morgan fingerprint density at radius 2 is 1.85 bits per heavy atom. The van der Waals surface area contributed by atoms with Crippen LogP contribution in [0.25, 0.3) is 11.3 Å². The van der Waals surface area contributed by atoms with Crippen molar-refractivity contribution in [2.24, 2.45) is 11.8 Å². The number of hydrogen-bond acceptors (Lipinski definition) is 6. The van der Waals surface area contributed by atoms with Gasteiger partial charge in [-0.15, -0.1) is 13.2 Å². The Hall–Kier alpha value is -2.33. The highest BCUT2D eigenvalue weighted by atomic mass is 19.4. The van der Waals surface area contributed by atoms with Crippen molar-refractivity contribution in [2.45, 2.75) is 64.0 Å². The first-order valence-corrected chi connectivity index (χ1v) is 12.1. The van der Waals surface area contributed by atoms with Gasteiger partial charge in [-0.25, -0.2) is 4.98 Å². The number of alkyl halides is 3. The maximum atomic E-state index is 12.8. The summed E-state index contributed by atoms with van der Waals surface area (Å²) in [5.41, 5.74) is 7.83. The molecule has 1 aliphatic heterocycles. The second kappa shape index (κ2) is 8.41. The molecule has 0 bridgehead atoms. The summed E-state index contributed by atoms with van der Waals surface area (Å²) in [7, 11) is 2.19. The molecule has 3 unspecified atom stereocenters. The Morgan fingerprint density at radius 3 is 2.47 bits per heavy atom. The maximum Gasteiger partial charge on any atom is 0.573 e. The highest BCUT2D eigenvalue weighted by Gasteiger charge is 2.59. The van der Waals surface area contributed by atoms with Gasteiger partial charge in [0.1, 0.15) is 0 Å². The lowest BCUT2D eigenvalue weighted by atomic mass is 10.00. The number of nitrogens with two attached hydrogens (primary N) is 1. The molecule has 2 saturated carbocycles. The third-order valence-corrected chi connectivity index (χ3v) is 7.77. The highest BCUT2D eigenvalue weighted by Crippen LogP contribution is 2.64. The number of nitrogens with zero attached hydrogens (tertiary/aromatic N) is 5. The fourth-order valence-corrected chi connectivity index (χ4v) is 6.23. The van der Waals surface area contributed by atoms with E-state index in [1.807, 2.05) is 10.7 Å². The van der Waals surface area contributed by atoms with Gasteiger partial charge in [0.05, 0.1) is 5.69 Å². The molecule has 0 spiro atoms. The molecular formula is C24H33F3N6O. The van der Waals surface area contributed by atoms with E-state index in [-0.39, 0.29) is 11.9 Å². The lowest BCUT2D eigenvalue weighted by molar-refractivity contribution is -0.274. The second-order valence-electron chi connectivity index (χ2n) is 10.5. The van der Waals surface area contributed by atoms with Crippen molar-refractivity contribution in [1.82, 2.24) is 24.6 Å². The molecule has 3 aliphatic rings. The van der Waals surface area contributed by atoms with Gasteiger partial charge in [0.25, 0.3) is 0 Å². The summed E-state index contributed by atoms with van der Waals surface area (Å²) in [5, 5.41) is 4.75. The van der Waals surface area contributed by atoms with Gasteiger partial charge < -0.3 is 15.4 Å². The van der Waals surface area contributed by atoms with Crippen molar-refractivity contribution in [3.63, 3.8) is 0 Å². The van der Waals surface area contributed by atoms with Gasteiger partial charge in [-0.2, -0.15) is 5.10 Å². The van der Waals surface area contributed by atoms with Crippen LogP contribution in [-0.2, 0) is 0 Å². The molecule has 2 aliphatic carbocycles. The Kier molecular flexibility index (Phi) is 5.79. The van der Waals surface area contributed by atoms with Crippen molar-refractivity contribution in [1.29, 1.82) is 0 Å². The zero-order valence-corrected chi connectivity index (χ0v) is 20.1. The standard InChI is InChI=1S/C24H33F3N6O/c1-13(2)33-20(10-19(30-33)15-7-21(23(28)29-11-15)34-24(25,26)27)22-17-8-16(9-18(17)22)32-6-5-31(4)12-14(32)3/h7,10-11,13-14,16-18,22H,5-6,8-9,12H2,1-4H3,(H2,28,29). The molecule has 34 heavy (non-hydrogen) atoms. The maximum absolute atomic E-state index is 12.8. The summed E-state index contributed by atoms with van der Waals surface area (Å²) >= 11 is 0. The average molecular weight is 479 g/mol. The summed E-state index contributed by atoms with van der Waals surface area (Å²) in [4.78, 5) is 9.00. The van der Waals surface area contributed by atoms with Crippen molar-refractivity contribution in [3.8, 4) is 17.0 Å². The number of hydrogen-bond donors (Lipinski definition) is 1. The van der Waals surface area contributed by atoms with Crippen LogP contribution in [-0.4, -0.2) is 69.7 Å². The monoisotopic (exact) mass is 478 g/mol. The zero-order chi connectivity index (χ0) is 24.4. The van der Waals surface area contributed by atoms with Gasteiger partial charge in [-0.05, 0) is 64.6 Å². The van der Waals surface area contributed by atoms with E-state index < -0.39 is 12.1 Å². The molecule has 7 nitrogen and oxygen atoms in total. The Balaban J connectivity index is 1.35. The predicted molar refractivity (Wildman–Crippen MR) is 123 cm³/mol. The van der Waals surface area contributed by atoms with E-state index in [1.165, 1.54) is 30.8 Å². The smallest absolute Gasteiger partial charge is 0.402 e. The van der Waals surface area contributed by atoms with Crippen molar-refractivity contribution < 1.29 is 17.9 Å². The first-order valence-electron chi connectivity index (χ1n) is 12.1. The van der Waals surface area contributed by atoms with Crippen LogP contribution >= 0.6 is 0 Å². The minimum absolute atomic E-state index is 0.145. The molecule has 1 saturated heterocycles. The van der Waals surface area contributed by atoms with Crippen molar-refractivity contribution >= 4 is 5.82 Å². The molecule has 2 N–H and O–H groups in total. The lowest BCUT2D eigenvalue weighted by Crippen LogP contribution is -2.54. The van der Waals surface area contributed by atoms with Crippen molar-refractivity contribution in [3.05, 3.63) is 24.0 Å². The Labute approximate surface area is 198 Å². The molecule has 0 aromatic carbocycles. The summed E-state index contributed by atoms with van der Waals surface area (Å²) in [6, 6.07) is 4.66. The lowest BCUT2D eigenvalue weighted by Gasteiger charge is -2.42. The van der Waals surface area contributed by atoms with Crippen LogP contribution in [0.5, 0.6) is 5.75 Å². The fraction of sp³-hybridized carbons (Fsp3) is 0.667. The van der Waals surface area contributed by atoms with Gasteiger partial charge in [-0.1, -0.05) is 0 Å². The van der Waals surface area contributed by atoms with E-state index >= 15 is 0 Å². The summed E-state index contributed by atoms with van der Waals surface area (Å²) < 4.78 is 44.3. The average Bonchev–Trinajstić information content (AvgIpc) is 3.09. The number of likely N-dealkylation sites (N-methyl/N-ethyl adjacent to an activating group) is 1. The highest BCUT2D eigenvalue weighted by molar-refractivity contribution is 5.64. The number of ether oxygens (including phenoxy) is 1. The Bertz CT molecular complexity index is 1040. The van der Waals surface area contributed by atoms with E-state index in [9.17, 15) is 13.2 Å². The van der Waals surface area contributed by atoms with Crippen LogP contribution in [0, 0.1) is 11.8 Å². The van der Waals surface area contributed by atoms with E-state index in [2.05, 4.69) is 47.3 Å². The van der Waals surface area contributed by atoms with Crippen LogP contribution in [0.4, 0.5) is 19.0 Å². The minimum Gasteiger partial charge on any atom is -0.402 e. The minimum atomic E-state index is -4.83. The molecule has 10 heteroatoms. The van der Waals surface area contributed by atoms with Gasteiger partial charge in [0, 0.05) is 61.1 Å². The fourth-order valence-electron chi connectivity index (χ4n) is 6.23. The molecular weight excluding hydrogens is 445 g/mol. The first kappa shape index (κ1) is 23.4. The van der Waals surface area contributed by atoms with Gasteiger partial charge in [0.15, 0.2) is 11.6 Å². The molecule has 2 aromatic rings. The number of nitrogen functional groups attached to an aromatic ring is 1. The number of aromatic nitrogens is 3.